The van der Waals surface area contributed by atoms with Crippen LogP contribution in [0.5, 0.6) is 11.5 Å². The molecule has 0 saturated heterocycles. The molecule has 2 aromatic carbocycles. The molecule has 0 saturated carbocycles. The molecular formula is C22H22ClN3O4. The zero-order valence-electron chi connectivity index (χ0n) is 16.7. The molecule has 0 aliphatic rings. The third-order valence-corrected chi connectivity index (χ3v) is 4.87. The van der Waals surface area contributed by atoms with Crippen molar-refractivity contribution >= 4 is 17.5 Å². The van der Waals surface area contributed by atoms with Crippen LogP contribution in [0.3, 0.4) is 0 Å². The van der Waals surface area contributed by atoms with E-state index < -0.39 is 0 Å². The van der Waals surface area contributed by atoms with Crippen molar-refractivity contribution in [3.05, 3.63) is 75.5 Å². The summed E-state index contributed by atoms with van der Waals surface area (Å²) in [6, 6.07) is 15.6. The van der Waals surface area contributed by atoms with Crippen LogP contribution in [0.15, 0.2) is 59.4 Å². The number of carbonyl (C=O) groups excluding carboxylic acids is 1. The Balaban J connectivity index is 1.70. The fourth-order valence-corrected chi connectivity index (χ4v) is 3.15. The van der Waals surface area contributed by atoms with Crippen molar-refractivity contribution in [1.82, 2.24) is 15.1 Å². The molecule has 0 aliphatic heterocycles. The lowest BCUT2D eigenvalue weighted by Gasteiger charge is -2.12. The van der Waals surface area contributed by atoms with Crippen LogP contribution in [-0.2, 0) is 17.8 Å². The second-order valence-corrected chi connectivity index (χ2v) is 6.87. The lowest BCUT2D eigenvalue weighted by molar-refractivity contribution is -0.120. The molecule has 156 valence electrons. The highest BCUT2D eigenvalue weighted by molar-refractivity contribution is 6.31. The minimum Gasteiger partial charge on any atom is -0.497 e. The summed E-state index contributed by atoms with van der Waals surface area (Å²) < 4.78 is 12.0. The van der Waals surface area contributed by atoms with Crippen molar-refractivity contribution in [1.29, 1.82) is 0 Å². The highest BCUT2D eigenvalue weighted by Gasteiger charge is 2.11. The summed E-state index contributed by atoms with van der Waals surface area (Å²) in [5.41, 5.74) is 1.75. The summed E-state index contributed by atoms with van der Waals surface area (Å²) in [5.74, 6) is 1.08. The Hall–Kier alpha value is -3.32. The quantitative estimate of drug-likeness (QED) is 0.597. The standard InChI is InChI=1S/C22H22ClN3O4/c1-29-16-7-9-20(30-2)17(14-16)19-8-10-22(28)26(25-19)12-11-24-21(27)13-15-5-3-4-6-18(15)23/h3-10,14H,11-13H2,1-2H3,(H,24,27). The molecule has 7 nitrogen and oxygen atoms in total. The normalized spacial score (nSPS) is 10.5. The fourth-order valence-electron chi connectivity index (χ4n) is 2.95. The molecule has 1 amide bonds. The van der Waals surface area contributed by atoms with Gasteiger partial charge < -0.3 is 14.8 Å². The molecule has 0 bridgehead atoms. The lowest BCUT2D eigenvalue weighted by atomic mass is 10.1. The van der Waals surface area contributed by atoms with Gasteiger partial charge in [0.25, 0.3) is 5.56 Å². The van der Waals surface area contributed by atoms with Gasteiger partial charge in [0, 0.05) is 23.2 Å². The fraction of sp³-hybridized carbons (Fsp3) is 0.227. The van der Waals surface area contributed by atoms with Gasteiger partial charge in [0.2, 0.25) is 5.91 Å². The first-order valence-electron chi connectivity index (χ1n) is 9.32. The van der Waals surface area contributed by atoms with Crippen LogP contribution in [0.1, 0.15) is 5.56 Å². The van der Waals surface area contributed by atoms with Gasteiger partial charge in [-0.1, -0.05) is 29.8 Å². The molecule has 0 aliphatic carbocycles. The van der Waals surface area contributed by atoms with E-state index in [0.717, 1.165) is 5.56 Å². The maximum Gasteiger partial charge on any atom is 0.266 e. The zero-order chi connectivity index (χ0) is 21.5. The molecule has 0 radical (unpaired) electrons. The average molecular weight is 428 g/mol. The number of hydrogen-bond acceptors (Lipinski definition) is 5. The topological polar surface area (TPSA) is 82.5 Å². The second-order valence-electron chi connectivity index (χ2n) is 6.46. The smallest absolute Gasteiger partial charge is 0.266 e. The number of nitrogens with one attached hydrogen (secondary N) is 1. The van der Waals surface area contributed by atoms with Crippen molar-refractivity contribution in [2.24, 2.45) is 0 Å². The van der Waals surface area contributed by atoms with Gasteiger partial charge in [0.15, 0.2) is 0 Å². The molecule has 3 rings (SSSR count). The van der Waals surface area contributed by atoms with Crippen molar-refractivity contribution in [3.63, 3.8) is 0 Å². The Morgan fingerprint density at radius 3 is 2.63 bits per heavy atom. The Morgan fingerprint density at radius 2 is 1.90 bits per heavy atom. The minimum absolute atomic E-state index is 0.170. The van der Waals surface area contributed by atoms with Crippen molar-refractivity contribution in [2.45, 2.75) is 13.0 Å². The van der Waals surface area contributed by atoms with Gasteiger partial charge in [-0.25, -0.2) is 4.68 Å². The molecule has 0 spiro atoms. The highest BCUT2D eigenvalue weighted by Crippen LogP contribution is 2.31. The summed E-state index contributed by atoms with van der Waals surface area (Å²) in [4.78, 5) is 24.4. The number of methoxy groups -OCH3 is 2. The summed E-state index contributed by atoms with van der Waals surface area (Å²) in [6.45, 7) is 0.488. The van der Waals surface area contributed by atoms with Gasteiger partial charge in [-0.05, 0) is 35.9 Å². The monoisotopic (exact) mass is 427 g/mol. The van der Waals surface area contributed by atoms with E-state index in [-0.39, 0.29) is 31.0 Å². The van der Waals surface area contributed by atoms with Crippen LogP contribution in [0.25, 0.3) is 11.3 Å². The van der Waals surface area contributed by atoms with Crippen LogP contribution < -0.4 is 20.3 Å². The largest absolute Gasteiger partial charge is 0.497 e. The van der Waals surface area contributed by atoms with E-state index >= 15 is 0 Å². The first kappa shape index (κ1) is 21.4. The van der Waals surface area contributed by atoms with Crippen LogP contribution in [-0.4, -0.2) is 36.5 Å². The zero-order valence-corrected chi connectivity index (χ0v) is 17.5. The highest BCUT2D eigenvalue weighted by atomic mass is 35.5. The molecular weight excluding hydrogens is 406 g/mol. The maximum atomic E-state index is 12.2. The van der Waals surface area contributed by atoms with Gasteiger partial charge >= 0.3 is 0 Å². The van der Waals surface area contributed by atoms with Crippen LogP contribution >= 0.6 is 11.6 Å². The molecule has 8 heteroatoms. The lowest BCUT2D eigenvalue weighted by Crippen LogP contribution is -2.32. The average Bonchev–Trinajstić information content (AvgIpc) is 2.76. The first-order chi connectivity index (χ1) is 14.5. The van der Waals surface area contributed by atoms with E-state index in [1.165, 1.54) is 10.7 Å². The second kappa shape index (κ2) is 9.93. The minimum atomic E-state index is -0.263. The summed E-state index contributed by atoms with van der Waals surface area (Å²) >= 11 is 6.09. The molecule has 3 aromatic rings. The third kappa shape index (κ3) is 5.18. The van der Waals surface area contributed by atoms with Crippen LogP contribution in [0, 0.1) is 0 Å². The predicted molar refractivity (Wildman–Crippen MR) is 115 cm³/mol. The van der Waals surface area contributed by atoms with Crippen LogP contribution in [0.2, 0.25) is 5.02 Å². The molecule has 0 atom stereocenters. The molecule has 1 N–H and O–H groups in total. The van der Waals surface area contributed by atoms with Gasteiger partial charge in [-0.15, -0.1) is 0 Å². The Kier molecular flexibility index (Phi) is 7.08. The van der Waals surface area contributed by atoms with Gasteiger partial charge in [-0.3, -0.25) is 9.59 Å². The molecule has 1 aromatic heterocycles. The molecule has 1 heterocycles. The van der Waals surface area contributed by atoms with Gasteiger partial charge in [0.1, 0.15) is 11.5 Å². The maximum absolute atomic E-state index is 12.2. The number of hydrogen-bond donors (Lipinski definition) is 1. The molecule has 0 unspecified atom stereocenters. The summed E-state index contributed by atoms with van der Waals surface area (Å²) in [6.07, 6.45) is 0.170. The number of halogens is 1. The van der Waals surface area contributed by atoms with Crippen molar-refractivity contribution in [2.75, 3.05) is 20.8 Å². The van der Waals surface area contributed by atoms with Crippen molar-refractivity contribution < 1.29 is 14.3 Å². The Labute approximate surface area is 179 Å². The number of carbonyl (C=O) groups is 1. The van der Waals surface area contributed by atoms with Gasteiger partial charge in [0.05, 0.1) is 32.9 Å². The molecule has 0 fully saturated rings. The number of rotatable bonds is 8. The van der Waals surface area contributed by atoms with E-state index in [2.05, 4.69) is 10.4 Å². The predicted octanol–water partition coefficient (Wildman–Crippen LogP) is 2.94. The SMILES string of the molecule is COc1ccc(OC)c(-c2ccc(=O)n(CCNC(=O)Cc3ccccc3Cl)n2)c1. The number of nitrogens with zero attached hydrogens (tertiary/aromatic N) is 2. The Morgan fingerprint density at radius 1 is 1.10 bits per heavy atom. The van der Waals surface area contributed by atoms with E-state index in [0.29, 0.717) is 27.8 Å². The van der Waals surface area contributed by atoms with E-state index in [4.69, 9.17) is 21.1 Å². The number of aromatic nitrogens is 2. The number of benzene rings is 2. The third-order valence-electron chi connectivity index (χ3n) is 4.50. The van der Waals surface area contributed by atoms with E-state index in [1.54, 1.807) is 50.6 Å². The molecule has 30 heavy (non-hydrogen) atoms. The van der Waals surface area contributed by atoms with Crippen LogP contribution in [0.4, 0.5) is 0 Å². The van der Waals surface area contributed by atoms with Gasteiger partial charge in [-0.2, -0.15) is 5.10 Å². The van der Waals surface area contributed by atoms with Crippen molar-refractivity contribution in [3.8, 4) is 22.8 Å². The van der Waals surface area contributed by atoms with E-state index in [1.807, 2.05) is 12.1 Å². The Bertz CT molecular complexity index is 1100. The number of amides is 1. The van der Waals surface area contributed by atoms with E-state index in [9.17, 15) is 9.59 Å². The number of ether oxygens (including phenoxy) is 2. The summed E-state index contributed by atoms with van der Waals surface area (Å²) in [5, 5.41) is 7.76. The first-order valence-corrected chi connectivity index (χ1v) is 9.70. The summed E-state index contributed by atoms with van der Waals surface area (Å²) in [7, 11) is 3.14.